The topological polar surface area (TPSA) is 53.5 Å². The molecule has 21 heavy (non-hydrogen) atoms. The number of aryl methyl sites for hydroxylation is 1. The van der Waals surface area contributed by atoms with Gasteiger partial charge in [-0.05, 0) is 55.9 Å². The van der Waals surface area contributed by atoms with Crippen molar-refractivity contribution in [1.29, 1.82) is 0 Å². The fourth-order valence-corrected chi connectivity index (χ4v) is 2.74. The van der Waals surface area contributed by atoms with Crippen LogP contribution in [0.4, 0.5) is 5.69 Å². The summed E-state index contributed by atoms with van der Waals surface area (Å²) in [5.41, 5.74) is 5.68. The number of carbonyl (C=O) groups is 1. The third-order valence-corrected chi connectivity index (χ3v) is 4.08. The molecule has 1 aliphatic rings. The van der Waals surface area contributed by atoms with Gasteiger partial charge in [-0.3, -0.25) is 4.79 Å². The fourth-order valence-electron chi connectivity index (χ4n) is 2.51. The van der Waals surface area contributed by atoms with Crippen molar-refractivity contribution in [3.05, 3.63) is 28.8 Å². The van der Waals surface area contributed by atoms with Gasteiger partial charge in [-0.1, -0.05) is 24.9 Å². The third kappa shape index (κ3) is 4.74. The molecule has 0 heterocycles. The Morgan fingerprint density at radius 3 is 2.95 bits per heavy atom. The fraction of sp³-hybridized carbons (Fsp3) is 0.500. The normalized spacial score (nSPS) is 20.3. The summed E-state index contributed by atoms with van der Waals surface area (Å²) in [7, 11) is 0. The minimum absolute atomic E-state index is 0.130. The summed E-state index contributed by atoms with van der Waals surface area (Å²) in [6, 6.07) is 5.55. The highest BCUT2D eigenvalue weighted by Gasteiger charge is 2.16. The Morgan fingerprint density at radius 1 is 1.43 bits per heavy atom. The largest absolute Gasteiger partial charge is 0.376 e. The minimum atomic E-state index is -0.130. The molecule has 1 aliphatic carbocycles. The summed E-state index contributed by atoms with van der Waals surface area (Å²) in [6.45, 7) is 4.32. The van der Waals surface area contributed by atoms with E-state index in [1.165, 1.54) is 12.8 Å². The van der Waals surface area contributed by atoms with Crippen molar-refractivity contribution in [3.8, 4) is 0 Å². The number of hydrazone groups is 1. The van der Waals surface area contributed by atoms with Crippen molar-refractivity contribution in [3.63, 3.8) is 0 Å². The van der Waals surface area contributed by atoms with E-state index in [1.54, 1.807) is 6.07 Å². The van der Waals surface area contributed by atoms with Crippen LogP contribution in [0.5, 0.6) is 0 Å². The lowest BCUT2D eigenvalue weighted by Gasteiger charge is -2.19. The molecule has 1 aromatic rings. The third-order valence-electron chi connectivity index (χ3n) is 3.84. The van der Waals surface area contributed by atoms with Crippen molar-refractivity contribution < 1.29 is 4.79 Å². The zero-order valence-electron chi connectivity index (χ0n) is 12.6. The summed E-state index contributed by atoms with van der Waals surface area (Å²) in [5, 5.41) is 8.06. The van der Waals surface area contributed by atoms with Crippen LogP contribution in [0.25, 0.3) is 0 Å². The molecule has 0 radical (unpaired) electrons. The van der Waals surface area contributed by atoms with E-state index in [0.29, 0.717) is 10.9 Å². The number of carbonyl (C=O) groups excluding carboxylic acids is 1. The van der Waals surface area contributed by atoms with Gasteiger partial charge in [0.05, 0.1) is 6.54 Å². The highest BCUT2D eigenvalue weighted by atomic mass is 35.5. The molecule has 2 rings (SSSR count). The van der Waals surface area contributed by atoms with Crippen LogP contribution < -0.4 is 10.7 Å². The number of hydrogen-bond donors (Lipinski definition) is 2. The molecule has 114 valence electrons. The van der Waals surface area contributed by atoms with E-state index in [-0.39, 0.29) is 12.5 Å². The first kappa shape index (κ1) is 15.8. The molecule has 0 bridgehead atoms. The molecule has 0 spiro atoms. The van der Waals surface area contributed by atoms with Gasteiger partial charge in [0.25, 0.3) is 5.91 Å². The summed E-state index contributed by atoms with van der Waals surface area (Å²) in [6.07, 6.45) is 4.58. The van der Waals surface area contributed by atoms with Gasteiger partial charge in [0.1, 0.15) is 0 Å². The summed E-state index contributed by atoms with van der Waals surface area (Å²) in [4.78, 5) is 11.8. The van der Waals surface area contributed by atoms with Crippen LogP contribution in [-0.4, -0.2) is 18.2 Å². The zero-order chi connectivity index (χ0) is 15.2. The molecule has 1 aromatic carbocycles. The van der Waals surface area contributed by atoms with E-state index < -0.39 is 0 Å². The Morgan fingerprint density at radius 2 is 2.24 bits per heavy atom. The average Bonchev–Trinajstić information content (AvgIpc) is 2.45. The highest BCUT2D eigenvalue weighted by Crippen LogP contribution is 2.21. The van der Waals surface area contributed by atoms with Crippen LogP contribution in [0.1, 0.15) is 38.2 Å². The van der Waals surface area contributed by atoms with Crippen molar-refractivity contribution in [2.45, 2.75) is 39.5 Å². The number of anilines is 1. The lowest BCUT2D eigenvalue weighted by atomic mass is 9.89. The van der Waals surface area contributed by atoms with Crippen LogP contribution in [0.3, 0.4) is 0 Å². The summed E-state index contributed by atoms with van der Waals surface area (Å²) in [5.74, 6) is 0.347. The molecule has 0 unspecified atom stereocenters. The number of nitrogens with zero attached hydrogens (tertiary/aromatic N) is 1. The quantitative estimate of drug-likeness (QED) is 0.833. The van der Waals surface area contributed by atoms with Crippen LogP contribution in [0, 0.1) is 12.8 Å². The first-order chi connectivity index (χ1) is 10.1. The van der Waals surface area contributed by atoms with Gasteiger partial charge >= 0.3 is 0 Å². The van der Waals surface area contributed by atoms with Crippen LogP contribution in [0.15, 0.2) is 23.3 Å². The minimum Gasteiger partial charge on any atom is -0.376 e. The van der Waals surface area contributed by atoms with Gasteiger partial charge in [0.2, 0.25) is 0 Å². The van der Waals surface area contributed by atoms with Crippen LogP contribution in [0.2, 0.25) is 5.02 Å². The molecule has 1 atom stereocenters. The van der Waals surface area contributed by atoms with Gasteiger partial charge < -0.3 is 5.32 Å². The second kappa shape index (κ2) is 7.46. The summed E-state index contributed by atoms with van der Waals surface area (Å²) < 4.78 is 0. The predicted octanol–water partition coefficient (Wildman–Crippen LogP) is 3.74. The number of halogens is 1. The van der Waals surface area contributed by atoms with Crippen LogP contribution >= 0.6 is 11.6 Å². The SMILES string of the molecule is Cc1cc(Cl)ccc1NCC(=O)N/N=C1\CCCC[C@H]1C. The molecule has 1 saturated carbocycles. The smallest absolute Gasteiger partial charge is 0.259 e. The molecular weight excluding hydrogens is 286 g/mol. The Bertz CT molecular complexity index is 542. The number of rotatable bonds is 4. The zero-order valence-corrected chi connectivity index (χ0v) is 13.3. The van der Waals surface area contributed by atoms with E-state index in [4.69, 9.17) is 11.6 Å². The monoisotopic (exact) mass is 307 g/mol. The molecule has 5 heteroatoms. The van der Waals surface area contributed by atoms with Crippen molar-refractivity contribution >= 4 is 28.9 Å². The van der Waals surface area contributed by atoms with E-state index >= 15 is 0 Å². The maximum absolute atomic E-state index is 11.8. The molecule has 0 aliphatic heterocycles. The van der Waals surface area contributed by atoms with Gasteiger partial charge in [0, 0.05) is 16.4 Å². The van der Waals surface area contributed by atoms with E-state index in [2.05, 4.69) is 22.8 Å². The van der Waals surface area contributed by atoms with E-state index in [1.807, 2.05) is 19.1 Å². The molecule has 2 N–H and O–H groups in total. The number of nitrogens with one attached hydrogen (secondary N) is 2. The Labute approximate surface area is 131 Å². The first-order valence-electron chi connectivity index (χ1n) is 7.41. The second-order valence-electron chi connectivity index (χ2n) is 5.60. The molecular formula is C16H22ClN3O. The number of hydrogen-bond acceptors (Lipinski definition) is 3. The molecule has 1 fully saturated rings. The average molecular weight is 308 g/mol. The Balaban J connectivity index is 1.83. The maximum Gasteiger partial charge on any atom is 0.259 e. The maximum atomic E-state index is 11.8. The standard InChI is InChI=1S/C16H22ClN3O/c1-11-5-3-4-6-15(11)19-20-16(21)10-18-14-8-7-13(17)9-12(14)2/h7-9,11,18H,3-6,10H2,1-2H3,(H,20,21)/b19-15+/t11-/m1/s1. The van der Waals surface area contributed by atoms with Crippen molar-refractivity contribution in [1.82, 2.24) is 5.43 Å². The van der Waals surface area contributed by atoms with Gasteiger partial charge in [-0.25, -0.2) is 5.43 Å². The summed E-state index contributed by atoms with van der Waals surface area (Å²) >= 11 is 5.90. The van der Waals surface area contributed by atoms with Crippen molar-refractivity contribution in [2.75, 3.05) is 11.9 Å². The van der Waals surface area contributed by atoms with Gasteiger partial charge in [-0.15, -0.1) is 0 Å². The lowest BCUT2D eigenvalue weighted by Crippen LogP contribution is -2.29. The van der Waals surface area contributed by atoms with Crippen molar-refractivity contribution in [2.24, 2.45) is 11.0 Å². The second-order valence-corrected chi connectivity index (χ2v) is 6.03. The lowest BCUT2D eigenvalue weighted by molar-refractivity contribution is -0.119. The molecule has 4 nitrogen and oxygen atoms in total. The number of amides is 1. The highest BCUT2D eigenvalue weighted by molar-refractivity contribution is 6.30. The van der Waals surface area contributed by atoms with Gasteiger partial charge in [-0.2, -0.15) is 5.10 Å². The Kier molecular flexibility index (Phi) is 5.62. The molecule has 1 amide bonds. The van der Waals surface area contributed by atoms with Gasteiger partial charge in [0.15, 0.2) is 0 Å². The molecule has 0 saturated heterocycles. The predicted molar refractivity (Wildman–Crippen MR) is 87.9 cm³/mol. The van der Waals surface area contributed by atoms with E-state index in [0.717, 1.165) is 29.8 Å². The number of benzene rings is 1. The first-order valence-corrected chi connectivity index (χ1v) is 7.79. The Hall–Kier alpha value is -1.55. The van der Waals surface area contributed by atoms with Crippen LogP contribution in [-0.2, 0) is 4.79 Å². The van der Waals surface area contributed by atoms with E-state index in [9.17, 15) is 4.79 Å². The molecule has 0 aromatic heterocycles.